The van der Waals surface area contributed by atoms with Crippen LogP contribution in [-0.4, -0.2) is 45.9 Å². The topological polar surface area (TPSA) is 62.2 Å². The lowest BCUT2D eigenvalue weighted by Crippen LogP contribution is -2.34. The van der Waals surface area contributed by atoms with Gasteiger partial charge in [0.15, 0.2) is 10.8 Å². The molecule has 0 bridgehead atoms. The number of carbonyl (C=O) groups excluding carboxylic acids is 1. The third kappa shape index (κ3) is 3.16. The Morgan fingerprint density at radius 3 is 2.72 bits per heavy atom. The van der Waals surface area contributed by atoms with Crippen molar-refractivity contribution in [1.82, 2.24) is 19.9 Å². The Bertz CT molecular complexity index is 895. The summed E-state index contributed by atoms with van der Waals surface area (Å²) in [6.07, 6.45) is 4.97. The number of hydrogen-bond acceptors (Lipinski definition) is 6. The number of hydrogen-bond donors (Lipinski definition) is 0. The highest BCUT2D eigenvalue weighted by Gasteiger charge is 2.25. The molecule has 0 N–H and O–H groups in total. The van der Waals surface area contributed by atoms with E-state index in [9.17, 15) is 4.79 Å². The Morgan fingerprint density at radius 1 is 1.08 bits per heavy atom. The summed E-state index contributed by atoms with van der Waals surface area (Å²) >= 11 is 1.33. The number of rotatable bonds is 2. The number of benzene rings is 1. The molecule has 0 unspecified atom stereocenters. The average Bonchev–Trinajstić information content (AvgIpc) is 3.07. The number of thiazole rings is 1. The van der Waals surface area contributed by atoms with E-state index in [0.29, 0.717) is 22.3 Å². The summed E-state index contributed by atoms with van der Waals surface area (Å²) in [6.45, 7) is 2.32. The highest BCUT2D eigenvalue weighted by atomic mass is 32.1. The van der Waals surface area contributed by atoms with Crippen LogP contribution in [0.5, 0.6) is 0 Å². The predicted molar refractivity (Wildman–Crippen MR) is 97.6 cm³/mol. The van der Waals surface area contributed by atoms with Crippen molar-refractivity contribution in [3.63, 3.8) is 0 Å². The molecule has 0 saturated heterocycles. The van der Waals surface area contributed by atoms with Gasteiger partial charge in [-0.1, -0.05) is 18.2 Å². The third-order valence-corrected chi connectivity index (χ3v) is 5.13. The number of carbonyl (C=O) groups is 1. The fraction of sp³-hybridized carbons (Fsp3) is 0.222. The summed E-state index contributed by atoms with van der Waals surface area (Å²) in [5.74, 6) is 0.519. The molecular weight excluding hydrogens is 334 g/mol. The minimum Gasteiger partial charge on any atom is -0.306 e. The summed E-state index contributed by atoms with van der Waals surface area (Å²) in [5.41, 5.74) is 2.13. The van der Waals surface area contributed by atoms with E-state index in [-0.39, 0.29) is 5.91 Å². The number of likely N-dealkylation sites (N-methyl/N-ethyl adjacent to an activating group) is 1. The molecule has 3 aromatic rings. The summed E-state index contributed by atoms with van der Waals surface area (Å²) in [6, 6.07) is 9.83. The van der Waals surface area contributed by atoms with Crippen molar-refractivity contribution in [2.75, 3.05) is 25.0 Å². The zero-order valence-electron chi connectivity index (χ0n) is 13.8. The molecule has 6 nitrogen and oxygen atoms in total. The SMILES string of the molecule is CN1CCN(C(=O)c2cnc(-c3ncccn3)s2)c2ccccc2C1. The van der Waals surface area contributed by atoms with E-state index in [4.69, 9.17) is 0 Å². The molecule has 0 radical (unpaired) electrons. The van der Waals surface area contributed by atoms with Crippen LogP contribution in [0.3, 0.4) is 0 Å². The van der Waals surface area contributed by atoms with Crippen LogP contribution in [0.25, 0.3) is 10.8 Å². The molecule has 1 amide bonds. The van der Waals surface area contributed by atoms with Crippen molar-refractivity contribution in [3.8, 4) is 10.8 Å². The highest BCUT2D eigenvalue weighted by Crippen LogP contribution is 2.28. The standard InChI is InChI=1S/C18H17N5OS/c1-22-9-10-23(14-6-3-2-5-13(14)12-22)18(24)15-11-21-17(25-15)16-19-7-4-8-20-16/h2-8,11H,9-10,12H2,1H3. The maximum Gasteiger partial charge on any atom is 0.270 e. The molecule has 2 aromatic heterocycles. The molecule has 1 aliphatic rings. The summed E-state index contributed by atoms with van der Waals surface area (Å²) in [5, 5.41) is 0.657. The molecule has 25 heavy (non-hydrogen) atoms. The van der Waals surface area contributed by atoms with E-state index < -0.39 is 0 Å². The van der Waals surface area contributed by atoms with Crippen molar-refractivity contribution >= 4 is 22.9 Å². The second-order valence-electron chi connectivity index (χ2n) is 5.93. The van der Waals surface area contributed by atoms with Gasteiger partial charge in [0.2, 0.25) is 0 Å². The molecule has 0 spiro atoms. The second kappa shape index (κ2) is 6.70. The van der Waals surface area contributed by atoms with Gasteiger partial charge in [0.1, 0.15) is 4.88 Å². The van der Waals surface area contributed by atoms with Gasteiger partial charge in [-0.3, -0.25) is 4.79 Å². The normalized spacial score (nSPS) is 14.8. The Hall–Kier alpha value is -2.64. The first kappa shape index (κ1) is 15.9. The minimum absolute atomic E-state index is 0.0255. The molecule has 0 atom stereocenters. The molecule has 0 aliphatic carbocycles. The van der Waals surface area contributed by atoms with Crippen LogP contribution >= 0.6 is 11.3 Å². The molecule has 3 heterocycles. The Labute approximate surface area is 149 Å². The van der Waals surface area contributed by atoms with E-state index >= 15 is 0 Å². The maximum absolute atomic E-state index is 13.1. The average molecular weight is 351 g/mol. The van der Waals surface area contributed by atoms with Gasteiger partial charge in [-0.25, -0.2) is 15.0 Å². The molecule has 1 aromatic carbocycles. The smallest absolute Gasteiger partial charge is 0.270 e. The highest BCUT2D eigenvalue weighted by molar-refractivity contribution is 7.16. The van der Waals surface area contributed by atoms with E-state index in [1.54, 1.807) is 24.7 Å². The fourth-order valence-corrected chi connectivity index (χ4v) is 3.71. The van der Waals surface area contributed by atoms with Gasteiger partial charge in [0.05, 0.1) is 6.20 Å². The second-order valence-corrected chi connectivity index (χ2v) is 6.96. The maximum atomic E-state index is 13.1. The first-order chi connectivity index (χ1) is 12.2. The van der Waals surface area contributed by atoms with Crippen LogP contribution in [0, 0.1) is 0 Å². The fourth-order valence-electron chi connectivity index (χ4n) is 2.90. The number of fused-ring (bicyclic) bond motifs is 1. The van der Waals surface area contributed by atoms with Crippen molar-refractivity contribution in [2.45, 2.75) is 6.54 Å². The molecule has 4 rings (SSSR count). The van der Waals surface area contributed by atoms with Crippen LogP contribution in [0.1, 0.15) is 15.2 Å². The van der Waals surface area contributed by atoms with E-state index in [1.165, 1.54) is 11.3 Å². The molecule has 126 valence electrons. The van der Waals surface area contributed by atoms with Crippen molar-refractivity contribution < 1.29 is 4.79 Å². The van der Waals surface area contributed by atoms with Crippen LogP contribution in [0.15, 0.2) is 48.9 Å². The predicted octanol–water partition coefficient (Wildman–Crippen LogP) is 2.69. The lowest BCUT2D eigenvalue weighted by molar-refractivity contribution is 0.0989. The number of aromatic nitrogens is 3. The number of amides is 1. The summed E-state index contributed by atoms with van der Waals surface area (Å²) in [7, 11) is 2.07. The largest absolute Gasteiger partial charge is 0.306 e. The third-order valence-electron chi connectivity index (χ3n) is 4.15. The minimum atomic E-state index is -0.0255. The number of nitrogens with zero attached hydrogens (tertiary/aromatic N) is 5. The molecular formula is C18H17N5OS. The first-order valence-corrected chi connectivity index (χ1v) is 8.85. The first-order valence-electron chi connectivity index (χ1n) is 8.04. The zero-order chi connectivity index (χ0) is 17.2. The van der Waals surface area contributed by atoms with E-state index in [1.807, 2.05) is 23.1 Å². The number of anilines is 1. The van der Waals surface area contributed by atoms with Gasteiger partial charge in [-0.15, -0.1) is 11.3 Å². The van der Waals surface area contributed by atoms with Crippen LogP contribution in [0.4, 0.5) is 5.69 Å². The van der Waals surface area contributed by atoms with Crippen LogP contribution < -0.4 is 4.90 Å². The molecule has 0 saturated carbocycles. The number of para-hydroxylation sites is 1. The molecule has 7 heteroatoms. The Balaban J connectivity index is 1.66. The molecule has 0 fully saturated rings. The van der Waals surface area contributed by atoms with Gasteiger partial charge in [0.25, 0.3) is 5.91 Å². The van der Waals surface area contributed by atoms with Gasteiger partial charge in [0, 0.05) is 37.7 Å². The van der Waals surface area contributed by atoms with Crippen molar-refractivity contribution in [2.24, 2.45) is 0 Å². The quantitative estimate of drug-likeness (QED) is 0.710. The van der Waals surface area contributed by atoms with Gasteiger partial charge >= 0.3 is 0 Å². The van der Waals surface area contributed by atoms with Gasteiger partial charge in [-0.05, 0) is 24.7 Å². The van der Waals surface area contributed by atoms with Gasteiger partial charge in [-0.2, -0.15) is 0 Å². The van der Waals surface area contributed by atoms with Crippen LogP contribution in [-0.2, 0) is 6.54 Å². The van der Waals surface area contributed by atoms with Crippen molar-refractivity contribution in [1.29, 1.82) is 0 Å². The van der Waals surface area contributed by atoms with E-state index in [0.717, 1.165) is 24.3 Å². The van der Waals surface area contributed by atoms with Crippen LogP contribution in [0.2, 0.25) is 0 Å². The van der Waals surface area contributed by atoms with E-state index in [2.05, 4.69) is 33.0 Å². The lowest BCUT2D eigenvalue weighted by Gasteiger charge is -2.21. The molecule has 1 aliphatic heterocycles. The Morgan fingerprint density at radius 2 is 1.88 bits per heavy atom. The summed E-state index contributed by atoms with van der Waals surface area (Å²) in [4.78, 5) is 30.5. The van der Waals surface area contributed by atoms with Gasteiger partial charge < -0.3 is 9.80 Å². The summed E-state index contributed by atoms with van der Waals surface area (Å²) < 4.78 is 0. The zero-order valence-corrected chi connectivity index (χ0v) is 14.6. The Kier molecular flexibility index (Phi) is 4.25. The van der Waals surface area contributed by atoms with Crippen molar-refractivity contribution in [3.05, 3.63) is 59.4 Å². The lowest BCUT2D eigenvalue weighted by atomic mass is 10.1. The monoisotopic (exact) mass is 351 g/mol.